The van der Waals surface area contributed by atoms with Crippen LogP contribution in [0.3, 0.4) is 0 Å². The molecule has 2 aromatic heterocycles. The monoisotopic (exact) mass is 390 g/mol. The second kappa shape index (κ2) is 8.05. The Balaban J connectivity index is 1.51. The minimum atomic E-state index is 0.172. The molecule has 0 saturated carbocycles. The Bertz CT molecular complexity index is 1080. The van der Waals surface area contributed by atoms with Crippen molar-refractivity contribution in [3.8, 4) is 5.69 Å². The van der Waals surface area contributed by atoms with E-state index in [2.05, 4.69) is 30.5 Å². The number of benzene rings is 2. The van der Waals surface area contributed by atoms with Crippen molar-refractivity contribution in [2.45, 2.75) is 17.8 Å². The summed E-state index contributed by atoms with van der Waals surface area (Å²) < 4.78 is 1.92. The number of nitrogen functional groups attached to an aromatic ring is 1. The molecule has 0 atom stereocenters. The van der Waals surface area contributed by atoms with Gasteiger partial charge in [-0.15, -0.1) is 10.2 Å². The van der Waals surface area contributed by atoms with Crippen molar-refractivity contribution in [3.63, 3.8) is 0 Å². The summed E-state index contributed by atoms with van der Waals surface area (Å²) in [6.07, 6.45) is 1.69. The highest BCUT2D eigenvalue weighted by Crippen LogP contribution is 2.23. The first-order valence-corrected chi connectivity index (χ1v) is 9.59. The standard InChI is InChI=1S/C19H18N8S/c1-13-7-5-6-10-15(13)22-18-24-16(23-17(20)25-18)11-28-19-26-21-12-27(19)14-8-3-2-4-9-14/h2-10,12H,11H2,1H3,(H3,20,22,23,24,25). The Hall–Kier alpha value is -3.46. The summed E-state index contributed by atoms with van der Waals surface area (Å²) in [6, 6.07) is 17.8. The molecule has 0 aliphatic carbocycles. The number of para-hydroxylation sites is 2. The summed E-state index contributed by atoms with van der Waals surface area (Å²) in [5.74, 6) is 1.64. The van der Waals surface area contributed by atoms with E-state index in [-0.39, 0.29) is 5.95 Å². The lowest BCUT2D eigenvalue weighted by Gasteiger charge is -2.09. The topological polar surface area (TPSA) is 107 Å². The highest BCUT2D eigenvalue weighted by atomic mass is 32.2. The van der Waals surface area contributed by atoms with Crippen LogP contribution in [0.4, 0.5) is 17.6 Å². The molecule has 140 valence electrons. The maximum absolute atomic E-state index is 5.88. The van der Waals surface area contributed by atoms with Gasteiger partial charge in [0, 0.05) is 11.4 Å². The van der Waals surface area contributed by atoms with E-state index in [0.717, 1.165) is 22.1 Å². The Morgan fingerprint density at radius 3 is 2.61 bits per heavy atom. The first kappa shape index (κ1) is 17.9. The van der Waals surface area contributed by atoms with Gasteiger partial charge < -0.3 is 11.1 Å². The second-order valence-corrected chi connectivity index (χ2v) is 6.92. The Labute approximate surface area is 166 Å². The molecule has 0 aliphatic rings. The van der Waals surface area contributed by atoms with Gasteiger partial charge in [0.2, 0.25) is 11.9 Å². The van der Waals surface area contributed by atoms with Crippen molar-refractivity contribution in [2.24, 2.45) is 0 Å². The molecule has 0 unspecified atom stereocenters. The molecule has 0 fully saturated rings. The minimum absolute atomic E-state index is 0.172. The molecule has 0 spiro atoms. The van der Waals surface area contributed by atoms with E-state index in [4.69, 9.17) is 5.73 Å². The van der Waals surface area contributed by atoms with Crippen LogP contribution in [0.25, 0.3) is 5.69 Å². The highest BCUT2D eigenvalue weighted by Gasteiger charge is 2.11. The third-order valence-electron chi connectivity index (χ3n) is 3.97. The van der Waals surface area contributed by atoms with Crippen molar-refractivity contribution in [3.05, 3.63) is 72.3 Å². The lowest BCUT2D eigenvalue weighted by Crippen LogP contribution is -2.07. The fourth-order valence-electron chi connectivity index (χ4n) is 2.61. The lowest BCUT2D eigenvalue weighted by atomic mass is 10.2. The van der Waals surface area contributed by atoms with Crippen molar-refractivity contribution < 1.29 is 0 Å². The molecule has 4 rings (SSSR count). The first-order chi connectivity index (χ1) is 13.7. The summed E-state index contributed by atoms with van der Waals surface area (Å²) >= 11 is 1.48. The summed E-state index contributed by atoms with van der Waals surface area (Å²) in [5.41, 5.74) is 8.89. The number of hydrogen-bond donors (Lipinski definition) is 2. The molecule has 0 radical (unpaired) electrons. The molecule has 28 heavy (non-hydrogen) atoms. The second-order valence-electron chi connectivity index (χ2n) is 5.98. The number of anilines is 3. The van der Waals surface area contributed by atoms with Crippen LogP contribution < -0.4 is 11.1 Å². The number of thioether (sulfide) groups is 1. The molecule has 8 nitrogen and oxygen atoms in total. The van der Waals surface area contributed by atoms with Gasteiger partial charge in [0.25, 0.3) is 0 Å². The SMILES string of the molecule is Cc1ccccc1Nc1nc(N)nc(CSc2nncn2-c2ccccc2)n1. The molecule has 2 heterocycles. The fraction of sp³-hybridized carbons (Fsp3) is 0.105. The Morgan fingerprint density at radius 2 is 1.79 bits per heavy atom. The van der Waals surface area contributed by atoms with E-state index in [1.807, 2.05) is 66.1 Å². The number of rotatable bonds is 6. The normalized spacial score (nSPS) is 10.8. The number of aryl methyl sites for hydroxylation is 1. The van der Waals surface area contributed by atoms with Gasteiger partial charge in [-0.2, -0.15) is 15.0 Å². The van der Waals surface area contributed by atoms with E-state index in [1.54, 1.807) is 6.33 Å². The predicted octanol–water partition coefficient (Wildman–Crippen LogP) is 3.38. The molecule has 0 aliphatic heterocycles. The van der Waals surface area contributed by atoms with Crippen LogP contribution in [0.2, 0.25) is 0 Å². The predicted molar refractivity (Wildman–Crippen MR) is 110 cm³/mol. The number of nitrogens with zero attached hydrogens (tertiary/aromatic N) is 6. The molecule has 3 N–H and O–H groups in total. The summed E-state index contributed by atoms with van der Waals surface area (Å²) in [7, 11) is 0. The van der Waals surface area contributed by atoms with Gasteiger partial charge in [0.15, 0.2) is 5.16 Å². The van der Waals surface area contributed by atoms with Gasteiger partial charge in [-0.3, -0.25) is 4.57 Å². The van der Waals surface area contributed by atoms with Crippen LogP contribution in [0.1, 0.15) is 11.4 Å². The fourth-order valence-corrected chi connectivity index (χ4v) is 3.39. The quantitative estimate of drug-likeness (QED) is 0.483. The van der Waals surface area contributed by atoms with Crippen molar-refractivity contribution in [1.29, 1.82) is 0 Å². The average molecular weight is 390 g/mol. The first-order valence-electron chi connectivity index (χ1n) is 8.60. The van der Waals surface area contributed by atoms with Crippen LogP contribution in [0.5, 0.6) is 0 Å². The van der Waals surface area contributed by atoms with Crippen LogP contribution in [-0.2, 0) is 5.75 Å². The molecule has 9 heteroatoms. The summed E-state index contributed by atoms with van der Waals surface area (Å²) in [6.45, 7) is 2.01. The minimum Gasteiger partial charge on any atom is -0.368 e. The van der Waals surface area contributed by atoms with Gasteiger partial charge in [0.05, 0.1) is 5.75 Å². The van der Waals surface area contributed by atoms with E-state index < -0.39 is 0 Å². The van der Waals surface area contributed by atoms with Gasteiger partial charge in [-0.1, -0.05) is 48.2 Å². The summed E-state index contributed by atoms with van der Waals surface area (Å²) in [5, 5.41) is 12.2. The molecular formula is C19H18N8S. The largest absolute Gasteiger partial charge is 0.368 e. The maximum atomic E-state index is 5.88. The van der Waals surface area contributed by atoms with E-state index in [9.17, 15) is 0 Å². The maximum Gasteiger partial charge on any atom is 0.232 e. The van der Waals surface area contributed by atoms with Crippen molar-refractivity contribution >= 4 is 29.3 Å². The van der Waals surface area contributed by atoms with Crippen LogP contribution in [0.15, 0.2) is 66.1 Å². The number of nitrogens with two attached hydrogens (primary N) is 1. The van der Waals surface area contributed by atoms with Crippen LogP contribution in [0, 0.1) is 6.92 Å². The van der Waals surface area contributed by atoms with E-state index >= 15 is 0 Å². The third kappa shape index (κ3) is 4.09. The number of nitrogens with one attached hydrogen (secondary N) is 1. The molecule has 4 aromatic rings. The molecular weight excluding hydrogens is 372 g/mol. The molecule has 0 amide bonds. The van der Waals surface area contributed by atoms with Crippen molar-refractivity contribution in [1.82, 2.24) is 29.7 Å². The van der Waals surface area contributed by atoms with Gasteiger partial charge >= 0.3 is 0 Å². The highest BCUT2D eigenvalue weighted by molar-refractivity contribution is 7.98. The Kier molecular flexibility index (Phi) is 5.16. The van der Waals surface area contributed by atoms with Crippen molar-refractivity contribution in [2.75, 3.05) is 11.1 Å². The Morgan fingerprint density at radius 1 is 1.00 bits per heavy atom. The van der Waals surface area contributed by atoms with E-state index in [0.29, 0.717) is 17.5 Å². The van der Waals surface area contributed by atoms with Crippen LogP contribution in [-0.4, -0.2) is 29.7 Å². The molecule has 0 saturated heterocycles. The third-order valence-corrected chi connectivity index (χ3v) is 4.91. The molecule has 2 aromatic carbocycles. The van der Waals surface area contributed by atoms with Gasteiger partial charge in [0.1, 0.15) is 12.2 Å². The zero-order valence-electron chi connectivity index (χ0n) is 15.1. The van der Waals surface area contributed by atoms with Gasteiger partial charge in [-0.05, 0) is 30.7 Å². The van der Waals surface area contributed by atoms with Crippen LogP contribution >= 0.6 is 11.8 Å². The average Bonchev–Trinajstić information content (AvgIpc) is 3.17. The zero-order valence-corrected chi connectivity index (χ0v) is 16.0. The lowest BCUT2D eigenvalue weighted by molar-refractivity contribution is 0.880. The zero-order chi connectivity index (χ0) is 19.3. The van der Waals surface area contributed by atoms with E-state index in [1.165, 1.54) is 11.8 Å². The van der Waals surface area contributed by atoms with Gasteiger partial charge in [-0.25, -0.2) is 0 Å². The number of hydrogen-bond acceptors (Lipinski definition) is 8. The summed E-state index contributed by atoms with van der Waals surface area (Å²) in [4.78, 5) is 12.9. The number of aromatic nitrogens is 6. The molecule has 0 bridgehead atoms. The smallest absolute Gasteiger partial charge is 0.232 e.